The molecular weight excluding hydrogens is 721 g/mol. The molecule has 23 heteroatoms. The van der Waals surface area contributed by atoms with Crippen molar-refractivity contribution in [2.75, 3.05) is 0 Å². The van der Waals surface area contributed by atoms with Crippen LogP contribution in [0.2, 0.25) is 0 Å². The van der Waals surface area contributed by atoms with Gasteiger partial charge in [-0.05, 0) is 0 Å². The van der Waals surface area contributed by atoms with E-state index in [1.54, 1.807) is 0 Å². The molecule has 0 aromatic carbocycles. The third kappa shape index (κ3) is 99.2. The third-order valence-corrected chi connectivity index (χ3v) is 0.805. The van der Waals surface area contributed by atoms with Gasteiger partial charge in [0, 0.05) is 31.2 Å². The molecule has 4 N–H and O–H groups in total. The maximum Gasteiger partial charge on any atom is 3.00 e. The summed E-state index contributed by atoms with van der Waals surface area (Å²) in [5, 5.41) is 32.5. The monoisotopic (exact) mass is 722 g/mol. The van der Waals surface area contributed by atoms with E-state index < -0.39 is 55.3 Å². The number of carboxylic acid groups (broad SMARTS) is 2. The van der Waals surface area contributed by atoms with E-state index in [2.05, 4.69) is 0 Å². The summed E-state index contributed by atoms with van der Waals surface area (Å²) >= 11 is 0. The number of rotatable bonds is 3. The summed E-state index contributed by atoms with van der Waals surface area (Å²) in [6.45, 7) is 0. The molecule has 0 saturated carbocycles. The molecule has 0 aliphatic rings. The van der Waals surface area contributed by atoms with Crippen LogP contribution in [0.4, 0.5) is 0 Å². The summed E-state index contributed by atoms with van der Waals surface area (Å²) in [6, 6.07) is 0. The molecule has 0 aromatic rings. The number of aliphatic hydroxyl groups excluding tert-OH is 2. The molecule has 0 aromatic heterocycles. The maximum absolute atomic E-state index is 9.77. The Morgan fingerprint density at radius 1 is 0.556 bits per heavy atom. The Balaban J connectivity index is -0.0000000564. The molecule has 27 heavy (non-hydrogen) atoms. The molecule has 0 unspecified atom stereocenters. The fourth-order valence-electron chi connectivity index (χ4n) is 0.270. The quantitative estimate of drug-likeness (QED) is 0.155. The summed E-state index contributed by atoms with van der Waals surface area (Å²) < 4.78 is 102. The van der Waals surface area contributed by atoms with Gasteiger partial charge in [-0.2, -0.15) is 0 Å². The number of hydrogen-bond acceptors (Lipinski definition) is 16. The van der Waals surface area contributed by atoms with Gasteiger partial charge in [0.15, 0.2) is 12.2 Å². The molecule has 0 aliphatic carbocycles. The molecule has 0 saturated heterocycles. The minimum absolute atomic E-state index is 0. The Bertz CT molecular complexity index is 592. The van der Waals surface area contributed by atoms with E-state index in [1.807, 2.05) is 0 Å². The van der Waals surface area contributed by atoms with Crippen molar-refractivity contribution in [1.82, 2.24) is 0 Å². The summed E-state index contributed by atoms with van der Waals surface area (Å²) in [4.78, 5) is 19.5. The van der Waals surface area contributed by atoms with Gasteiger partial charge >= 0.3 is 93.6 Å². The van der Waals surface area contributed by atoms with Crippen LogP contribution < -0.4 is 0 Å². The van der Waals surface area contributed by atoms with Crippen molar-refractivity contribution < 1.29 is 164 Å². The second-order valence-corrected chi connectivity index (χ2v) is 5.24. The van der Waals surface area contributed by atoms with Gasteiger partial charge in [0.1, 0.15) is 0 Å². The molecule has 0 spiro atoms. The first-order valence-electron chi connectivity index (χ1n) is 4.28. The van der Waals surface area contributed by atoms with Gasteiger partial charge in [0.05, 0.1) is 0 Å². The van der Waals surface area contributed by atoms with Crippen molar-refractivity contribution in [1.29, 1.82) is 0 Å². The number of carboxylic acids is 2. The van der Waals surface area contributed by atoms with E-state index in [0.717, 1.165) is 0 Å². The van der Waals surface area contributed by atoms with Crippen molar-refractivity contribution in [2.24, 2.45) is 0 Å². The molecule has 0 amide bonds. The SMILES string of the molecule is O=C(O)[C@H](O)[C@@H](O)C(=O)O.O=S(=O)([O-])[O-].O=S(=O)([O-])[O-].O=S(=O)([O-])[O-].[Nd+3].[Nd+3]. The fourth-order valence-corrected chi connectivity index (χ4v) is 0.270. The van der Waals surface area contributed by atoms with Gasteiger partial charge in [-0.1, -0.05) is 0 Å². The molecule has 0 heterocycles. The van der Waals surface area contributed by atoms with Crippen LogP contribution >= 0.6 is 0 Å². The number of hydrogen-bond donors (Lipinski definition) is 4. The van der Waals surface area contributed by atoms with E-state index in [1.165, 1.54) is 0 Å². The Hall–Kier alpha value is 1.17. The first kappa shape index (κ1) is 42.3. The zero-order chi connectivity index (χ0) is 21.8. The number of aliphatic hydroxyl groups is 2. The van der Waals surface area contributed by atoms with E-state index in [4.69, 9.17) is 73.0 Å². The Labute approximate surface area is 216 Å². The minimum Gasteiger partial charge on any atom is -0.759 e. The second kappa shape index (κ2) is 19.2. The zero-order valence-electron chi connectivity index (χ0n) is 11.9. The van der Waals surface area contributed by atoms with Gasteiger partial charge in [-0.25, -0.2) is 9.59 Å². The van der Waals surface area contributed by atoms with Gasteiger partial charge in [0.25, 0.3) is 0 Å². The van der Waals surface area contributed by atoms with Crippen molar-refractivity contribution in [3.63, 3.8) is 0 Å². The van der Waals surface area contributed by atoms with Crippen LogP contribution in [0.3, 0.4) is 0 Å². The molecule has 18 nitrogen and oxygen atoms in total. The summed E-state index contributed by atoms with van der Waals surface area (Å²) in [5.41, 5.74) is 0. The largest absolute Gasteiger partial charge is 3.00 e. The summed E-state index contributed by atoms with van der Waals surface area (Å²) in [7, 11) is -15.5. The molecule has 0 fully saturated rings. The molecule has 0 rings (SSSR count). The first-order chi connectivity index (χ1) is 10.5. The van der Waals surface area contributed by atoms with E-state index in [9.17, 15) is 9.59 Å². The molecule has 156 valence electrons. The third-order valence-electron chi connectivity index (χ3n) is 0.805. The van der Waals surface area contributed by atoms with Crippen molar-refractivity contribution in [3.8, 4) is 0 Å². The fraction of sp³-hybridized carbons (Fsp3) is 0.500. The molecule has 2 radical (unpaired) electrons. The van der Waals surface area contributed by atoms with Gasteiger partial charge in [0.2, 0.25) is 0 Å². The van der Waals surface area contributed by atoms with Gasteiger partial charge < -0.3 is 47.7 Å². The summed E-state index contributed by atoms with van der Waals surface area (Å²) in [5.74, 6) is -3.54. The van der Waals surface area contributed by atoms with Crippen molar-refractivity contribution >= 4 is 43.1 Å². The molecule has 0 bridgehead atoms. The second-order valence-electron chi connectivity index (χ2n) is 2.79. The average Bonchev–Trinajstić information content (AvgIpc) is 2.19. The molecule has 2 atom stereocenters. The molecule has 0 aliphatic heterocycles. The minimum atomic E-state index is -5.17. The normalized spacial score (nSPS) is 12.3. The van der Waals surface area contributed by atoms with Crippen molar-refractivity contribution in [2.45, 2.75) is 12.2 Å². The zero-order valence-corrected chi connectivity index (χ0v) is 20.7. The maximum atomic E-state index is 9.77. The predicted octanol–water partition coefficient (Wildman–Crippen LogP) is -6.14. The predicted molar refractivity (Wildman–Crippen MR) is 58.7 cm³/mol. The van der Waals surface area contributed by atoms with Crippen molar-refractivity contribution in [3.05, 3.63) is 0 Å². The Kier molecular flexibility index (Phi) is 30.0. The van der Waals surface area contributed by atoms with Crippen LogP contribution in [0.25, 0.3) is 0 Å². The van der Waals surface area contributed by atoms with E-state index >= 15 is 0 Å². The van der Waals surface area contributed by atoms with Crippen LogP contribution in [0.5, 0.6) is 0 Å². The standard InChI is InChI=1S/C4H6O6.2Nd.3H2O4S/c5-1(3(7)8)2(6)4(9)10;;;3*1-5(2,3)4/h1-2,5-6H,(H,7,8)(H,9,10);;;3*(H2,1,2,3,4)/q;2*+3;;;/p-6/t1-,2-;;;;;/m1...../s1. The number of carbonyl (C=O) groups is 2. The van der Waals surface area contributed by atoms with Gasteiger partial charge in [-0.15, -0.1) is 0 Å². The average molecular weight is 727 g/mol. The Morgan fingerprint density at radius 2 is 0.630 bits per heavy atom. The van der Waals surface area contributed by atoms with E-state index in [-0.39, 0.29) is 81.7 Å². The summed E-state index contributed by atoms with van der Waals surface area (Å²) in [6.07, 6.45) is -4.53. The Morgan fingerprint density at radius 3 is 0.667 bits per heavy atom. The van der Waals surface area contributed by atoms with Crippen LogP contribution in [0.1, 0.15) is 0 Å². The van der Waals surface area contributed by atoms with Crippen LogP contribution in [-0.2, 0) is 40.8 Å². The molecular formula is C4H6Nd2O18S3. The topological polar surface area (TPSA) is 356 Å². The van der Waals surface area contributed by atoms with E-state index in [0.29, 0.717) is 0 Å². The van der Waals surface area contributed by atoms with Gasteiger partial charge in [-0.3, -0.25) is 25.3 Å². The first-order valence-corrected chi connectivity index (χ1v) is 8.28. The smallest absolute Gasteiger partial charge is 0.759 e. The van der Waals surface area contributed by atoms with Crippen LogP contribution in [0, 0.1) is 81.7 Å². The van der Waals surface area contributed by atoms with Crippen LogP contribution in [0.15, 0.2) is 0 Å². The number of aliphatic carboxylic acids is 2. The van der Waals surface area contributed by atoms with Crippen LogP contribution in [-0.4, -0.2) is 97.1 Å².